The fraction of sp³-hybridized carbons (Fsp3) is 0.625. The molecule has 1 aromatic carbocycles. The fourth-order valence-electron chi connectivity index (χ4n) is 3.11. The monoisotopic (exact) mass is 280 g/mol. The van der Waals surface area contributed by atoms with Crippen molar-refractivity contribution in [3.8, 4) is 0 Å². The molecular formula is C16H25ClN2. The molecule has 0 aliphatic carbocycles. The van der Waals surface area contributed by atoms with Gasteiger partial charge in [-0.05, 0) is 50.7 Å². The summed E-state index contributed by atoms with van der Waals surface area (Å²) in [5.41, 5.74) is 8.50. The molecule has 1 aliphatic heterocycles. The minimum absolute atomic E-state index is 0.169. The molecule has 0 bridgehead atoms. The Morgan fingerprint density at radius 3 is 2.89 bits per heavy atom. The third-order valence-corrected chi connectivity index (χ3v) is 4.30. The van der Waals surface area contributed by atoms with Crippen molar-refractivity contribution in [2.45, 2.75) is 58.0 Å². The summed E-state index contributed by atoms with van der Waals surface area (Å²) in [6.07, 6.45) is 5.95. The number of para-hydroxylation sites is 1. The van der Waals surface area contributed by atoms with E-state index in [1.165, 1.54) is 36.9 Å². The Hall–Kier alpha value is -0.730. The summed E-state index contributed by atoms with van der Waals surface area (Å²) in [5, 5.41) is 0.874. The van der Waals surface area contributed by atoms with Crippen molar-refractivity contribution in [1.29, 1.82) is 0 Å². The van der Waals surface area contributed by atoms with Gasteiger partial charge in [0.2, 0.25) is 0 Å². The lowest BCUT2D eigenvalue weighted by Gasteiger charge is -2.39. The molecular weight excluding hydrogens is 256 g/mol. The Bertz CT molecular complexity index is 417. The van der Waals surface area contributed by atoms with E-state index in [9.17, 15) is 0 Å². The van der Waals surface area contributed by atoms with E-state index < -0.39 is 0 Å². The van der Waals surface area contributed by atoms with Crippen LogP contribution in [0.1, 0.15) is 45.1 Å². The molecule has 2 nitrogen and oxygen atoms in total. The average molecular weight is 281 g/mol. The summed E-state index contributed by atoms with van der Waals surface area (Å²) < 4.78 is 0. The van der Waals surface area contributed by atoms with Crippen molar-refractivity contribution in [2.24, 2.45) is 5.73 Å². The standard InChI is InChI=1S/C16H25ClN2/c1-3-14-8-4-5-10-19(14)16-13(11-12(2)18)7-6-9-15(16)17/h6-7,9,12,14H,3-5,8,10-11,18H2,1-2H3. The van der Waals surface area contributed by atoms with Gasteiger partial charge in [0.1, 0.15) is 0 Å². The van der Waals surface area contributed by atoms with Crippen LogP contribution < -0.4 is 10.6 Å². The molecule has 19 heavy (non-hydrogen) atoms. The van der Waals surface area contributed by atoms with Crippen LogP contribution in [0.2, 0.25) is 5.02 Å². The topological polar surface area (TPSA) is 29.3 Å². The minimum atomic E-state index is 0.169. The van der Waals surface area contributed by atoms with Gasteiger partial charge in [0.15, 0.2) is 0 Å². The summed E-state index contributed by atoms with van der Waals surface area (Å²) in [6, 6.07) is 7.01. The van der Waals surface area contributed by atoms with Crippen LogP contribution in [0.5, 0.6) is 0 Å². The molecule has 0 amide bonds. The predicted octanol–water partition coefficient (Wildman–Crippen LogP) is 4.00. The van der Waals surface area contributed by atoms with Gasteiger partial charge in [0, 0.05) is 18.6 Å². The highest BCUT2D eigenvalue weighted by atomic mass is 35.5. The number of nitrogens with zero attached hydrogens (tertiary/aromatic N) is 1. The Kier molecular flexibility index (Phi) is 5.12. The van der Waals surface area contributed by atoms with Crippen molar-refractivity contribution < 1.29 is 0 Å². The maximum absolute atomic E-state index is 6.49. The van der Waals surface area contributed by atoms with Gasteiger partial charge in [-0.25, -0.2) is 0 Å². The van der Waals surface area contributed by atoms with Crippen LogP contribution in [0.4, 0.5) is 5.69 Å². The Morgan fingerprint density at radius 2 is 2.21 bits per heavy atom. The van der Waals surface area contributed by atoms with Crippen molar-refractivity contribution in [3.05, 3.63) is 28.8 Å². The number of benzene rings is 1. The smallest absolute Gasteiger partial charge is 0.0642 e. The number of hydrogen-bond donors (Lipinski definition) is 1. The molecule has 1 saturated heterocycles. The highest BCUT2D eigenvalue weighted by Gasteiger charge is 2.24. The van der Waals surface area contributed by atoms with Gasteiger partial charge in [-0.3, -0.25) is 0 Å². The van der Waals surface area contributed by atoms with Crippen LogP contribution in [-0.4, -0.2) is 18.6 Å². The zero-order valence-electron chi connectivity index (χ0n) is 12.0. The molecule has 106 valence electrons. The quantitative estimate of drug-likeness (QED) is 0.903. The van der Waals surface area contributed by atoms with Gasteiger partial charge in [0.25, 0.3) is 0 Å². The number of halogens is 1. The summed E-state index contributed by atoms with van der Waals surface area (Å²) >= 11 is 6.49. The van der Waals surface area contributed by atoms with Gasteiger partial charge in [-0.1, -0.05) is 30.7 Å². The lowest BCUT2D eigenvalue weighted by atomic mass is 9.96. The van der Waals surface area contributed by atoms with Gasteiger partial charge >= 0.3 is 0 Å². The van der Waals surface area contributed by atoms with Crippen LogP contribution >= 0.6 is 11.6 Å². The Morgan fingerprint density at radius 1 is 1.42 bits per heavy atom. The SMILES string of the molecule is CCC1CCCCN1c1c(Cl)cccc1CC(C)N. The molecule has 2 unspecified atom stereocenters. The Labute approximate surface area is 121 Å². The minimum Gasteiger partial charge on any atom is -0.367 e. The summed E-state index contributed by atoms with van der Waals surface area (Å²) in [4.78, 5) is 2.52. The molecule has 1 aliphatic rings. The first-order valence-electron chi connectivity index (χ1n) is 7.43. The first kappa shape index (κ1) is 14.7. The molecule has 0 aromatic heterocycles. The van der Waals surface area contributed by atoms with Crippen LogP contribution in [0.15, 0.2) is 18.2 Å². The third-order valence-electron chi connectivity index (χ3n) is 4.00. The highest BCUT2D eigenvalue weighted by molar-refractivity contribution is 6.33. The molecule has 0 spiro atoms. The number of anilines is 1. The van der Waals surface area contributed by atoms with E-state index in [1.54, 1.807) is 0 Å². The normalized spacial score (nSPS) is 21.5. The predicted molar refractivity (Wildman–Crippen MR) is 84.1 cm³/mol. The first-order chi connectivity index (χ1) is 9.13. The van der Waals surface area contributed by atoms with E-state index >= 15 is 0 Å². The molecule has 2 N–H and O–H groups in total. The number of piperidine rings is 1. The molecule has 2 rings (SSSR count). The van der Waals surface area contributed by atoms with Crippen molar-refractivity contribution in [3.63, 3.8) is 0 Å². The fourth-order valence-corrected chi connectivity index (χ4v) is 3.42. The van der Waals surface area contributed by atoms with Gasteiger partial charge in [-0.2, -0.15) is 0 Å². The number of rotatable bonds is 4. The van der Waals surface area contributed by atoms with E-state index in [4.69, 9.17) is 17.3 Å². The van der Waals surface area contributed by atoms with Crippen molar-refractivity contribution in [2.75, 3.05) is 11.4 Å². The maximum Gasteiger partial charge on any atom is 0.0642 e. The first-order valence-corrected chi connectivity index (χ1v) is 7.81. The molecule has 1 fully saturated rings. The van der Waals surface area contributed by atoms with E-state index in [-0.39, 0.29) is 6.04 Å². The van der Waals surface area contributed by atoms with E-state index in [1.807, 2.05) is 12.1 Å². The van der Waals surface area contributed by atoms with Crippen LogP contribution in [-0.2, 0) is 6.42 Å². The number of hydrogen-bond acceptors (Lipinski definition) is 2. The van der Waals surface area contributed by atoms with Gasteiger partial charge < -0.3 is 10.6 Å². The second kappa shape index (κ2) is 6.62. The molecule has 3 heteroatoms. The molecule has 0 radical (unpaired) electrons. The maximum atomic E-state index is 6.49. The molecule has 2 atom stereocenters. The Balaban J connectivity index is 2.35. The van der Waals surface area contributed by atoms with E-state index in [0.29, 0.717) is 6.04 Å². The van der Waals surface area contributed by atoms with Crippen LogP contribution in [0.3, 0.4) is 0 Å². The van der Waals surface area contributed by atoms with Crippen LogP contribution in [0.25, 0.3) is 0 Å². The second-order valence-corrected chi connectivity index (χ2v) is 6.09. The van der Waals surface area contributed by atoms with Gasteiger partial charge in [-0.15, -0.1) is 0 Å². The van der Waals surface area contributed by atoms with Crippen molar-refractivity contribution >= 4 is 17.3 Å². The lowest BCUT2D eigenvalue weighted by molar-refractivity contribution is 0.449. The van der Waals surface area contributed by atoms with Gasteiger partial charge in [0.05, 0.1) is 10.7 Å². The van der Waals surface area contributed by atoms with Crippen LogP contribution in [0, 0.1) is 0 Å². The third kappa shape index (κ3) is 3.43. The number of nitrogens with two attached hydrogens (primary N) is 1. The summed E-state index contributed by atoms with van der Waals surface area (Å²) in [5.74, 6) is 0. The molecule has 1 aromatic rings. The molecule has 0 saturated carbocycles. The van der Waals surface area contributed by atoms with E-state index in [0.717, 1.165) is 18.0 Å². The lowest BCUT2D eigenvalue weighted by Crippen LogP contribution is -2.40. The zero-order chi connectivity index (χ0) is 13.8. The summed E-state index contributed by atoms with van der Waals surface area (Å²) in [7, 11) is 0. The average Bonchev–Trinajstić information content (AvgIpc) is 2.38. The van der Waals surface area contributed by atoms with E-state index in [2.05, 4.69) is 24.8 Å². The highest BCUT2D eigenvalue weighted by Crippen LogP contribution is 2.35. The van der Waals surface area contributed by atoms with Crippen molar-refractivity contribution in [1.82, 2.24) is 0 Å². The largest absolute Gasteiger partial charge is 0.367 e. The summed E-state index contributed by atoms with van der Waals surface area (Å²) in [6.45, 7) is 5.44. The second-order valence-electron chi connectivity index (χ2n) is 5.68. The molecule has 1 heterocycles. The zero-order valence-corrected chi connectivity index (χ0v) is 12.8.